The highest BCUT2D eigenvalue weighted by molar-refractivity contribution is 14.1. The first-order valence-electron chi connectivity index (χ1n) is 2.45. The molecule has 50 valence electrons. The molecule has 1 heterocycles. The van der Waals surface area contributed by atoms with Crippen LogP contribution in [0.15, 0.2) is 24.4 Å². The van der Waals surface area contributed by atoms with Crippen LogP contribution in [-0.2, 0) is 4.43 Å². The molecule has 1 aromatic rings. The summed E-state index contributed by atoms with van der Waals surface area (Å²) in [5, 5.41) is 0. The van der Waals surface area contributed by atoms with Gasteiger partial charge in [-0.3, -0.25) is 0 Å². The zero-order valence-electron chi connectivity index (χ0n) is 4.77. The van der Waals surface area contributed by atoms with Crippen molar-refractivity contribution in [2.45, 2.75) is 4.43 Å². The maximum Gasteiger partial charge on any atom is 0.189 e. The van der Waals surface area contributed by atoms with Gasteiger partial charge in [-0.1, -0.05) is 28.7 Å². The monoisotopic (exact) mass is 347 g/mol. The van der Waals surface area contributed by atoms with Crippen molar-refractivity contribution in [3.63, 3.8) is 0 Å². The van der Waals surface area contributed by atoms with E-state index in [1.807, 2.05) is 18.3 Å². The van der Waals surface area contributed by atoms with E-state index < -0.39 is 0 Å². The molecule has 1 nitrogen and oxygen atoms in total. The summed E-state index contributed by atoms with van der Waals surface area (Å²) in [6, 6.07) is 6.09. The third-order valence-corrected chi connectivity index (χ3v) is 1.74. The molecule has 0 bridgehead atoms. The molecule has 9 heavy (non-hydrogen) atoms. The smallest absolute Gasteiger partial charge is 0.189 e. The Labute approximate surface area is 85.4 Å². The van der Waals surface area contributed by atoms with Crippen LogP contribution in [0.25, 0.3) is 0 Å². The van der Waals surface area contributed by atoms with Crippen LogP contribution >= 0.6 is 22.6 Å². The SMILES string of the molecule is ICc1cccc[nH+]1.[I-]. The molecule has 0 saturated carbocycles. The molecule has 1 aromatic heterocycles. The standard InChI is InChI=1S/C6H6IN.HI/c7-5-6-3-1-2-4-8-6;/h1-4H,5H2;1H. The molecule has 0 saturated heterocycles. The highest BCUT2D eigenvalue weighted by Crippen LogP contribution is 1.94. The van der Waals surface area contributed by atoms with Gasteiger partial charge in [0.05, 0.1) is 4.43 Å². The van der Waals surface area contributed by atoms with Crippen LogP contribution in [0, 0.1) is 0 Å². The quantitative estimate of drug-likeness (QED) is 0.431. The molecular formula is C6H7I2N. The molecule has 1 N–H and O–H groups in total. The summed E-state index contributed by atoms with van der Waals surface area (Å²) in [6.07, 6.45) is 1.94. The molecule has 0 atom stereocenters. The van der Waals surface area contributed by atoms with Gasteiger partial charge in [-0.25, -0.2) is 4.98 Å². The average molecular weight is 347 g/mol. The molecule has 0 aliphatic rings. The van der Waals surface area contributed by atoms with Crippen molar-refractivity contribution in [1.29, 1.82) is 0 Å². The zero-order chi connectivity index (χ0) is 5.82. The number of hydrogen-bond donors (Lipinski definition) is 0. The van der Waals surface area contributed by atoms with E-state index in [9.17, 15) is 0 Å². The summed E-state index contributed by atoms with van der Waals surface area (Å²) in [7, 11) is 0. The second-order valence-corrected chi connectivity index (χ2v) is 2.28. The van der Waals surface area contributed by atoms with Gasteiger partial charge in [0, 0.05) is 12.1 Å². The van der Waals surface area contributed by atoms with Gasteiger partial charge in [0.2, 0.25) is 0 Å². The lowest BCUT2D eigenvalue weighted by atomic mass is 10.4. The summed E-state index contributed by atoms with van der Waals surface area (Å²) in [6.45, 7) is 0. The molecular weight excluding hydrogens is 340 g/mol. The Balaban J connectivity index is 0.000000640. The van der Waals surface area contributed by atoms with E-state index in [1.165, 1.54) is 5.69 Å². The molecule has 0 radical (unpaired) electrons. The van der Waals surface area contributed by atoms with Crippen molar-refractivity contribution >= 4 is 22.6 Å². The van der Waals surface area contributed by atoms with Gasteiger partial charge >= 0.3 is 0 Å². The van der Waals surface area contributed by atoms with Crippen molar-refractivity contribution in [3.8, 4) is 0 Å². The lowest BCUT2D eigenvalue weighted by Gasteiger charge is -1.80. The summed E-state index contributed by atoms with van der Waals surface area (Å²) in [5.74, 6) is 0. The van der Waals surface area contributed by atoms with Gasteiger partial charge in [-0.15, -0.1) is 0 Å². The fourth-order valence-electron chi connectivity index (χ4n) is 0.514. The van der Waals surface area contributed by atoms with Crippen molar-refractivity contribution in [1.82, 2.24) is 0 Å². The van der Waals surface area contributed by atoms with Crippen molar-refractivity contribution < 1.29 is 29.0 Å². The first kappa shape index (κ1) is 9.61. The number of H-pyrrole nitrogens is 1. The summed E-state index contributed by atoms with van der Waals surface area (Å²) < 4.78 is 1.05. The fraction of sp³-hybridized carbons (Fsp3) is 0.167. The minimum Gasteiger partial charge on any atom is -1.00 e. The van der Waals surface area contributed by atoms with Crippen LogP contribution < -0.4 is 29.0 Å². The van der Waals surface area contributed by atoms with E-state index in [0.29, 0.717) is 0 Å². The third-order valence-electron chi connectivity index (χ3n) is 0.917. The Morgan fingerprint density at radius 2 is 2.22 bits per heavy atom. The number of aromatic amines is 1. The third kappa shape index (κ3) is 3.34. The second-order valence-electron chi connectivity index (χ2n) is 1.52. The van der Waals surface area contributed by atoms with Gasteiger partial charge in [0.15, 0.2) is 11.9 Å². The predicted octanol–water partition coefficient (Wildman–Crippen LogP) is -1.56. The zero-order valence-corrected chi connectivity index (χ0v) is 9.09. The summed E-state index contributed by atoms with van der Waals surface area (Å²) in [5.41, 5.74) is 1.27. The minimum absolute atomic E-state index is 0. The number of nitrogens with one attached hydrogen (secondary N) is 1. The highest BCUT2D eigenvalue weighted by atomic mass is 127. The Hall–Kier alpha value is 0.610. The topological polar surface area (TPSA) is 14.1 Å². The largest absolute Gasteiger partial charge is 1.00 e. The van der Waals surface area contributed by atoms with E-state index in [1.54, 1.807) is 0 Å². The van der Waals surface area contributed by atoms with Gasteiger partial charge in [0.25, 0.3) is 0 Å². The number of alkyl halides is 1. The molecule has 3 heteroatoms. The van der Waals surface area contributed by atoms with Gasteiger partial charge in [-0.2, -0.15) is 0 Å². The minimum atomic E-state index is 0. The van der Waals surface area contributed by atoms with Gasteiger partial charge < -0.3 is 24.0 Å². The van der Waals surface area contributed by atoms with E-state index in [-0.39, 0.29) is 24.0 Å². The number of rotatable bonds is 1. The molecule has 0 amide bonds. The summed E-state index contributed by atoms with van der Waals surface area (Å²) in [4.78, 5) is 3.11. The van der Waals surface area contributed by atoms with E-state index in [2.05, 4.69) is 33.6 Å². The number of halogens is 2. The number of pyridine rings is 1. The van der Waals surface area contributed by atoms with Gasteiger partial charge in [-0.05, 0) is 0 Å². The molecule has 0 spiro atoms. The van der Waals surface area contributed by atoms with E-state index in [4.69, 9.17) is 0 Å². The van der Waals surface area contributed by atoms with E-state index >= 15 is 0 Å². The van der Waals surface area contributed by atoms with Crippen LogP contribution in [0.1, 0.15) is 5.69 Å². The number of hydrogen-bond acceptors (Lipinski definition) is 0. The molecule has 0 aromatic carbocycles. The maximum atomic E-state index is 3.11. The lowest BCUT2D eigenvalue weighted by Crippen LogP contribution is -3.00. The Kier molecular flexibility index (Phi) is 5.77. The first-order chi connectivity index (χ1) is 3.93. The first-order valence-corrected chi connectivity index (χ1v) is 3.97. The second kappa shape index (κ2) is 5.40. The molecule has 0 aliphatic heterocycles. The van der Waals surface area contributed by atoms with Gasteiger partial charge in [0.1, 0.15) is 0 Å². The molecule has 0 fully saturated rings. The van der Waals surface area contributed by atoms with Crippen molar-refractivity contribution in [2.24, 2.45) is 0 Å². The Morgan fingerprint density at radius 1 is 1.44 bits per heavy atom. The van der Waals surface area contributed by atoms with Crippen LogP contribution in [0.3, 0.4) is 0 Å². The Morgan fingerprint density at radius 3 is 2.56 bits per heavy atom. The average Bonchev–Trinajstić information content (AvgIpc) is 1.90. The van der Waals surface area contributed by atoms with Crippen LogP contribution in [0.5, 0.6) is 0 Å². The normalized spacial score (nSPS) is 8.11. The van der Waals surface area contributed by atoms with E-state index in [0.717, 1.165) is 4.43 Å². The summed E-state index contributed by atoms with van der Waals surface area (Å²) >= 11 is 2.32. The van der Waals surface area contributed by atoms with Crippen LogP contribution in [0.4, 0.5) is 0 Å². The Bertz CT molecular complexity index is 152. The fourth-order valence-corrected chi connectivity index (χ4v) is 0.988. The highest BCUT2D eigenvalue weighted by Gasteiger charge is 1.90. The molecule has 0 unspecified atom stereocenters. The van der Waals surface area contributed by atoms with Crippen LogP contribution in [-0.4, -0.2) is 0 Å². The number of aromatic nitrogens is 1. The molecule has 0 aliphatic carbocycles. The predicted molar refractivity (Wildman–Crippen MR) is 40.7 cm³/mol. The van der Waals surface area contributed by atoms with Crippen molar-refractivity contribution in [3.05, 3.63) is 30.1 Å². The van der Waals surface area contributed by atoms with Crippen molar-refractivity contribution in [2.75, 3.05) is 0 Å². The lowest BCUT2D eigenvalue weighted by molar-refractivity contribution is -0.387. The van der Waals surface area contributed by atoms with Crippen LogP contribution in [0.2, 0.25) is 0 Å². The maximum absolute atomic E-state index is 3.11. The molecule has 1 rings (SSSR count).